The molecule has 2 aromatic carbocycles. The summed E-state index contributed by atoms with van der Waals surface area (Å²) in [5.41, 5.74) is -0.219. The molecule has 0 heterocycles. The Bertz CT molecular complexity index is 841. The molecule has 0 aliphatic heterocycles. The SMILES string of the molecule is [B]N=Nc1c(O)c(S(=O)(=O)O)cc2cc(SOOO)ccc12. The lowest BCUT2D eigenvalue weighted by Crippen LogP contribution is -1.99. The second kappa shape index (κ2) is 6.60. The number of hydrogen-bond donors (Lipinski definition) is 3. The van der Waals surface area contributed by atoms with E-state index in [-0.39, 0.29) is 5.69 Å². The van der Waals surface area contributed by atoms with Crippen LogP contribution in [0, 0.1) is 0 Å². The van der Waals surface area contributed by atoms with E-state index in [0.717, 1.165) is 6.07 Å². The van der Waals surface area contributed by atoms with Crippen LogP contribution in [-0.2, 0) is 19.5 Å². The molecule has 0 aliphatic rings. The Balaban J connectivity index is 2.75. The van der Waals surface area contributed by atoms with Gasteiger partial charge in [0.2, 0.25) is 0 Å². The Morgan fingerprint density at radius 1 is 1.27 bits per heavy atom. The summed E-state index contributed by atoms with van der Waals surface area (Å²) < 4.78 is 36.1. The third-order valence-electron chi connectivity index (χ3n) is 2.62. The number of aromatic hydroxyl groups is 1. The van der Waals surface area contributed by atoms with E-state index in [9.17, 15) is 13.5 Å². The fourth-order valence-corrected chi connectivity index (χ4v) is 2.82. The lowest BCUT2D eigenvalue weighted by atomic mass is 10.1. The van der Waals surface area contributed by atoms with E-state index in [1.165, 1.54) is 18.2 Å². The van der Waals surface area contributed by atoms with Gasteiger partial charge in [-0.15, -0.1) is 4.33 Å². The first-order chi connectivity index (χ1) is 10.4. The van der Waals surface area contributed by atoms with Crippen LogP contribution in [-0.4, -0.2) is 31.3 Å². The predicted molar refractivity (Wildman–Crippen MR) is 76.4 cm³/mol. The van der Waals surface area contributed by atoms with Gasteiger partial charge in [-0.2, -0.15) is 13.5 Å². The highest BCUT2D eigenvalue weighted by atomic mass is 32.2. The van der Waals surface area contributed by atoms with Gasteiger partial charge in [-0.25, -0.2) is 5.26 Å². The van der Waals surface area contributed by atoms with Crippen LogP contribution < -0.4 is 0 Å². The van der Waals surface area contributed by atoms with Crippen molar-refractivity contribution in [1.29, 1.82) is 0 Å². The van der Waals surface area contributed by atoms with Crippen molar-refractivity contribution in [2.24, 2.45) is 10.1 Å². The Kier molecular flexibility index (Phi) is 5.00. The van der Waals surface area contributed by atoms with Crippen LogP contribution in [0.25, 0.3) is 10.8 Å². The van der Waals surface area contributed by atoms with Crippen LogP contribution in [0.15, 0.2) is 44.2 Å². The van der Waals surface area contributed by atoms with E-state index in [1.807, 2.05) is 0 Å². The fraction of sp³-hybridized carbons (Fsp3) is 0. The summed E-state index contributed by atoms with van der Waals surface area (Å²) in [5, 5.41) is 28.6. The van der Waals surface area contributed by atoms with Crippen molar-refractivity contribution in [3.63, 3.8) is 0 Å². The van der Waals surface area contributed by atoms with Crippen molar-refractivity contribution in [3.05, 3.63) is 24.3 Å². The van der Waals surface area contributed by atoms with E-state index in [1.54, 1.807) is 0 Å². The molecule has 22 heavy (non-hydrogen) atoms. The number of nitrogens with zero attached hydrogens (tertiary/aromatic N) is 2. The lowest BCUT2D eigenvalue weighted by Gasteiger charge is -2.09. The van der Waals surface area contributed by atoms with Gasteiger partial charge in [0.15, 0.2) is 5.75 Å². The Hall–Kier alpha value is -1.70. The highest BCUT2D eigenvalue weighted by Crippen LogP contribution is 2.41. The van der Waals surface area contributed by atoms with Crippen molar-refractivity contribution in [2.45, 2.75) is 9.79 Å². The first kappa shape index (κ1) is 16.7. The Morgan fingerprint density at radius 3 is 2.59 bits per heavy atom. The second-order valence-electron chi connectivity index (χ2n) is 3.87. The van der Waals surface area contributed by atoms with Crippen molar-refractivity contribution in [1.82, 2.24) is 0 Å². The minimum atomic E-state index is -4.69. The molecule has 0 unspecified atom stereocenters. The summed E-state index contributed by atoms with van der Waals surface area (Å²) in [4.78, 5) is -0.312. The zero-order valence-electron chi connectivity index (χ0n) is 10.6. The van der Waals surface area contributed by atoms with Gasteiger partial charge in [0.25, 0.3) is 18.1 Å². The lowest BCUT2D eigenvalue weighted by molar-refractivity contribution is -0.432. The van der Waals surface area contributed by atoms with Gasteiger partial charge in [-0.05, 0) is 23.6 Å². The molecular weight excluding hydrogens is 335 g/mol. The van der Waals surface area contributed by atoms with Gasteiger partial charge in [0, 0.05) is 10.3 Å². The molecule has 2 aromatic rings. The Labute approximate surface area is 129 Å². The number of fused-ring (bicyclic) bond motifs is 1. The first-order valence-electron chi connectivity index (χ1n) is 5.41. The van der Waals surface area contributed by atoms with E-state index in [4.69, 9.17) is 17.8 Å². The topological polar surface area (TPSA) is 138 Å². The van der Waals surface area contributed by atoms with E-state index in [0.29, 0.717) is 27.7 Å². The summed E-state index contributed by atoms with van der Waals surface area (Å²) in [6.45, 7) is 0. The van der Waals surface area contributed by atoms with E-state index < -0.39 is 20.8 Å². The number of hydrogen-bond acceptors (Lipinski definition) is 9. The maximum absolute atomic E-state index is 11.3. The van der Waals surface area contributed by atoms with Gasteiger partial charge in [-0.1, -0.05) is 11.1 Å². The molecule has 3 N–H and O–H groups in total. The minimum absolute atomic E-state index is 0.219. The summed E-state index contributed by atoms with van der Waals surface area (Å²) in [6, 6.07) is 5.49. The summed E-state index contributed by atoms with van der Waals surface area (Å²) >= 11 is 0.647. The number of benzene rings is 2. The molecule has 0 atom stereocenters. The monoisotopic (exact) mass is 342 g/mol. The molecule has 114 valence electrons. The third kappa shape index (κ3) is 3.37. The van der Waals surface area contributed by atoms with E-state index >= 15 is 0 Å². The quantitative estimate of drug-likeness (QED) is 0.188. The first-order valence-corrected chi connectivity index (χ1v) is 7.59. The van der Waals surface area contributed by atoms with Crippen LogP contribution in [0.3, 0.4) is 0 Å². The van der Waals surface area contributed by atoms with Gasteiger partial charge in [-0.3, -0.25) is 9.58 Å². The molecule has 0 fully saturated rings. The molecule has 9 nitrogen and oxygen atoms in total. The van der Waals surface area contributed by atoms with Gasteiger partial charge in [0.05, 0.1) is 12.0 Å². The number of phenols is 1. The van der Waals surface area contributed by atoms with Gasteiger partial charge < -0.3 is 5.11 Å². The highest BCUT2D eigenvalue weighted by molar-refractivity contribution is 7.94. The van der Waals surface area contributed by atoms with Crippen LogP contribution in [0.5, 0.6) is 5.75 Å². The molecular formula is C10H7BN2O7S2. The van der Waals surface area contributed by atoms with Crippen LogP contribution in [0.1, 0.15) is 0 Å². The van der Waals surface area contributed by atoms with Crippen molar-refractivity contribution >= 4 is 46.6 Å². The predicted octanol–water partition coefficient (Wildman–Crippen LogP) is 2.39. The van der Waals surface area contributed by atoms with Crippen molar-refractivity contribution in [2.75, 3.05) is 0 Å². The van der Waals surface area contributed by atoms with Crippen molar-refractivity contribution in [3.8, 4) is 5.75 Å². The average Bonchev–Trinajstić information content (AvgIpc) is 2.46. The highest BCUT2D eigenvalue weighted by Gasteiger charge is 2.21. The molecule has 0 amide bonds. The summed E-state index contributed by atoms with van der Waals surface area (Å²) in [6.07, 6.45) is 0. The molecule has 0 bridgehead atoms. The van der Waals surface area contributed by atoms with Crippen LogP contribution >= 0.6 is 12.0 Å². The Morgan fingerprint density at radius 2 is 2.00 bits per heavy atom. The zero-order valence-corrected chi connectivity index (χ0v) is 12.2. The molecule has 0 saturated heterocycles. The second-order valence-corrected chi connectivity index (χ2v) is 6.04. The summed E-state index contributed by atoms with van der Waals surface area (Å²) in [5.74, 6) is -0.778. The average molecular weight is 342 g/mol. The molecule has 12 heteroatoms. The normalized spacial score (nSPS) is 12.3. The van der Waals surface area contributed by atoms with Gasteiger partial charge >= 0.3 is 0 Å². The largest absolute Gasteiger partial charge is 0.504 e. The van der Waals surface area contributed by atoms with Crippen molar-refractivity contribution < 1.29 is 32.7 Å². The smallest absolute Gasteiger partial charge is 0.298 e. The van der Waals surface area contributed by atoms with Gasteiger partial charge in [0.1, 0.15) is 10.6 Å². The summed E-state index contributed by atoms with van der Waals surface area (Å²) in [7, 11) is 0.251. The number of rotatable bonds is 5. The standard InChI is InChI=1S/C10H7BN2O7S2/c11-13-12-9-7-2-1-6(21-20-19-15)3-5(7)4-8(10(9)14)22(16,17)18/h1-4,14-15H,(H,16,17,18). The molecule has 2 rings (SSSR count). The third-order valence-corrected chi connectivity index (χ3v) is 4.06. The molecule has 0 aliphatic carbocycles. The molecule has 0 aromatic heterocycles. The maximum atomic E-state index is 11.3. The molecule has 2 radical (unpaired) electrons. The minimum Gasteiger partial charge on any atom is -0.504 e. The van der Waals surface area contributed by atoms with E-state index in [2.05, 4.69) is 19.5 Å². The molecule has 0 spiro atoms. The van der Waals surface area contributed by atoms with Crippen LogP contribution in [0.2, 0.25) is 0 Å². The zero-order chi connectivity index (χ0) is 16.3. The van der Waals surface area contributed by atoms with Crippen LogP contribution in [0.4, 0.5) is 5.69 Å². The fourth-order valence-electron chi connectivity index (χ4n) is 1.79. The maximum Gasteiger partial charge on any atom is 0.298 e. The molecule has 0 saturated carbocycles. The number of phenolic OH excluding ortho intramolecular Hbond substituents is 1.